The SMILES string of the molecule is CC(=O)O[C@H]1CS[C@@H](C(=O)O[C@@H]2C[C@H](C)CCC2=IC(C)C)O1. The van der Waals surface area contributed by atoms with Crippen molar-refractivity contribution in [1.29, 1.82) is 0 Å². The summed E-state index contributed by atoms with van der Waals surface area (Å²) in [4.78, 5) is 23.3. The minimum absolute atomic E-state index is 0.0570. The molecule has 4 atom stereocenters. The molecule has 0 aromatic carbocycles. The third-order valence-corrected chi connectivity index (χ3v) is 7.96. The molecule has 0 unspecified atom stereocenters. The normalized spacial score (nSPS) is 33.3. The van der Waals surface area contributed by atoms with Crippen molar-refractivity contribution in [1.82, 2.24) is 0 Å². The van der Waals surface area contributed by atoms with E-state index in [0.717, 1.165) is 12.8 Å². The van der Waals surface area contributed by atoms with Crippen molar-refractivity contribution in [2.24, 2.45) is 5.92 Å². The highest BCUT2D eigenvalue weighted by Crippen LogP contribution is 2.32. The number of hydrogen-bond acceptors (Lipinski definition) is 6. The van der Waals surface area contributed by atoms with Crippen LogP contribution in [0.15, 0.2) is 0 Å². The fraction of sp³-hybridized carbons (Fsp3) is 0.812. The van der Waals surface area contributed by atoms with E-state index in [1.165, 1.54) is 28.6 Å². The van der Waals surface area contributed by atoms with E-state index >= 15 is 0 Å². The average Bonchev–Trinajstić information content (AvgIpc) is 2.89. The highest BCUT2D eigenvalue weighted by Gasteiger charge is 2.37. The third kappa shape index (κ3) is 6.01. The Kier molecular flexibility index (Phi) is 7.34. The molecule has 132 valence electrons. The van der Waals surface area contributed by atoms with E-state index < -0.39 is 17.7 Å². The van der Waals surface area contributed by atoms with Gasteiger partial charge in [0, 0.05) is 10.8 Å². The lowest BCUT2D eigenvalue weighted by molar-refractivity contribution is -0.181. The van der Waals surface area contributed by atoms with Gasteiger partial charge in [-0.25, -0.2) is 4.79 Å². The summed E-state index contributed by atoms with van der Waals surface area (Å²) in [6, 6.07) is 0. The van der Waals surface area contributed by atoms with Gasteiger partial charge in [-0.3, -0.25) is 4.79 Å². The van der Waals surface area contributed by atoms with Crippen LogP contribution < -0.4 is 0 Å². The second-order valence-electron chi connectivity index (χ2n) is 6.22. The summed E-state index contributed by atoms with van der Waals surface area (Å²) >= 11 is 1.27. The maximum atomic E-state index is 12.4. The summed E-state index contributed by atoms with van der Waals surface area (Å²) in [5.41, 5.74) is -0.685. The minimum atomic E-state index is -0.685. The van der Waals surface area contributed by atoms with Crippen LogP contribution in [-0.4, -0.2) is 43.0 Å². The molecule has 2 aliphatic rings. The first-order valence-corrected chi connectivity index (χ1v) is 11.4. The fourth-order valence-corrected chi connectivity index (χ4v) is 6.50. The summed E-state index contributed by atoms with van der Waals surface area (Å²) in [7, 11) is 0. The molecule has 0 N–H and O–H groups in total. The summed E-state index contributed by atoms with van der Waals surface area (Å²) in [6.07, 6.45) is 2.49. The molecule has 1 aliphatic heterocycles. The van der Waals surface area contributed by atoms with Crippen molar-refractivity contribution in [3.63, 3.8) is 0 Å². The number of halogens is 1. The quantitative estimate of drug-likeness (QED) is 0.368. The van der Waals surface area contributed by atoms with E-state index in [1.807, 2.05) is 0 Å². The molecule has 1 saturated carbocycles. The van der Waals surface area contributed by atoms with Crippen molar-refractivity contribution >= 4 is 47.9 Å². The van der Waals surface area contributed by atoms with Crippen molar-refractivity contribution in [2.75, 3.05) is 5.75 Å². The molecule has 0 aromatic rings. The monoisotopic (exact) mass is 456 g/mol. The van der Waals surface area contributed by atoms with Crippen LogP contribution in [-0.2, 0) is 23.8 Å². The Morgan fingerprint density at radius 1 is 1.35 bits per heavy atom. The van der Waals surface area contributed by atoms with E-state index in [4.69, 9.17) is 14.2 Å². The summed E-state index contributed by atoms with van der Waals surface area (Å²) in [5.74, 6) is 0.311. The number of esters is 2. The smallest absolute Gasteiger partial charge is 0.346 e. The van der Waals surface area contributed by atoms with Crippen LogP contribution in [0.4, 0.5) is 0 Å². The van der Waals surface area contributed by atoms with Gasteiger partial charge in [0.2, 0.25) is 11.7 Å². The summed E-state index contributed by atoms with van der Waals surface area (Å²) in [5, 5.41) is 0. The zero-order valence-corrected chi connectivity index (χ0v) is 17.0. The predicted octanol–water partition coefficient (Wildman–Crippen LogP) is 3.25. The average molecular weight is 456 g/mol. The van der Waals surface area contributed by atoms with Crippen LogP contribution in [0.2, 0.25) is 0 Å². The zero-order chi connectivity index (χ0) is 17.0. The molecule has 7 heteroatoms. The van der Waals surface area contributed by atoms with E-state index in [9.17, 15) is 9.59 Å². The fourth-order valence-electron chi connectivity index (χ4n) is 2.62. The van der Waals surface area contributed by atoms with Crippen LogP contribution >= 0.6 is 32.5 Å². The van der Waals surface area contributed by atoms with Crippen LogP contribution in [0.25, 0.3) is 0 Å². The predicted molar refractivity (Wildman–Crippen MR) is 99.9 cm³/mol. The van der Waals surface area contributed by atoms with E-state index in [1.54, 1.807) is 0 Å². The second-order valence-corrected chi connectivity index (χ2v) is 11.8. The molecule has 0 radical (unpaired) electrons. The van der Waals surface area contributed by atoms with Gasteiger partial charge >= 0.3 is 11.9 Å². The molecule has 0 aromatic heterocycles. The Balaban J connectivity index is 1.93. The molecule has 2 fully saturated rings. The number of ether oxygens (including phenoxy) is 3. The second kappa shape index (κ2) is 8.80. The van der Waals surface area contributed by atoms with Crippen LogP contribution in [0, 0.1) is 5.92 Å². The highest BCUT2D eigenvalue weighted by molar-refractivity contribution is 14.2. The molecule has 0 spiro atoms. The van der Waals surface area contributed by atoms with Crippen LogP contribution in [0.3, 0.4) is 0 Å². The van der Waals surface area contributed by atoms with Crippen molar-refractivity contribution in [3.8, 4) is 0 Å². The molecule has 0 amide bonds. The number of carbonyl (C=O) groups is 2. The molecule has 1 heterocycles. The molecular weight excluding hydrogens is 431 g/mol. The molecule has 1 saturated heterocycles. The maximum absolute atomic E-state index is 12.4. The van der Waals surface area contributed by atoms with Crippen LogP contribution in [0.5, 0.6) is 0 Å². The van der Waals surface area contributed by atoms with E-state index in [0.29, 0.717) is 15.6 Å². The minimum Gasteiger partial charge on any atom is -0.455 e. The molecule has 0 bridgehead atoms. The first kappa shape index (κ1) is 19.2. The van der Waals surface area contributed by atoms with Crippen molar-refractivity contribution in [2.45, 2.75) is 68.7 Å². The summed E-state index contributed by atoms with van der Waals surface area (Å²) in [6.45, 7) is 8.01. The number of thioether (sulfide) groups is 1. The third-order valence-electron chi connectivity index (χ3n) is 3.61. The number of rotatable bonds is 4. The van der Waals surface area contributed by atoms with Gasteiger partial charge in [0.15, 0.2) is 0 Å². The Bertz CT molecular complexity index is 479. The molecule has 2 rings (SSSR count). The van der Waals surface area contributed by atoms with Gasteiger partial charge in [-0.2, -0.15) is 0 Å². The first-order chi connectivity index (χ1) is 10.8. The Hall–Kier alpha value is -0.150. The number of alkyl halides is 1. The highest BCUT2D eigenvalue weighted by atomic mass is 127. The van der Waals surface area contributed by atoms with E-state index in [-0.39, 0.29) is 32.8 Å². The lowest BCUT2D eigenvalue weighted by atomic mass is 9.89. The number of carbonyl (C=O) groups excluding carboxylic acids is 2. The van der Waals surface area contributed by atoms with Gasteiger partial charge in [-0.15, -0.1) is 32.5 Å². The van der Waals surface area contributed by atoms with Gasteiger partial charge in [0.1, 0.15) is 6.10 Å². The first-order valence-electron chi connectivity index (χ1n) is 7.99. The van der Waals surface area contributed by atoms with Crippen LogP contribution in [0.1, 0.15) is 47.0 Å². The van der Waals surface area contributed by atoms with Gasteiger partial charge in [-0.1, -0.05) is 20.8 Å². The van der Waals surface area contributed by atoms with Gasteiger partial charge in [0.25, 0.3) is 0 Å². The lowest BCUT2D eigenvalue weighted by Crippen LogP contribution is -2.36. The van der Waals surface area contributed by atoms with E-state index in [2.05, 4.69) is 20.8 Å². The summed E-state index contributed by atoms with van der Waals surface area (Å²) < 4.78 is 18.3. The standard InChI is InChI=1S/C16H25IO5S/c1-9(2)17-12-6-5-10(3)7-13(12)21-15(19)16-22-14(8-23-16)20-11(4)18/h9-10,13-14,16H,5-8H2,1-4H3/t10-,13-,14-,16+/m1/s1. The molecule has 5 nitrogen and oxygen atoms in total. The molecule has 1 aliphatic carbocycles. The van der Waals surface area contributed by atoms with Gasteiger partial charge < -0.3 is 14.2 Å². The van der Waals surface area contributed by atoms with Crippen molar-refractivity contribution in [3.05, 3.63) is 0 Å². The number of hydrogen-bond donors (Lipinski definition) is 0. The Morgan fingerprint density at radius 2 is 2.09 bits per heavy atom. The van der Waals surface area contributed by atoms with Gasteiger partial charge in [-0.05, 0) is 28.7 Å². The molecular formula is C16H25IO5S. The lowest BCUT2D eigenvalue weighted by Gasteiger charge is -2.30. The Morgan fingerprint density at radius 3 is 2.74 bits per heavy atom. The topological polar surface area (TPSA) is 61.8 Å². The largest absolute Gasteiger partial charge is 0.455 e. The maximum Gasteiger partial charge on any atom is 0.346 e. The zero-order valence-electron chi connectivity index (χ0n) is 14.0. The van der Waals surface area contributed by atoms with Gasteiger partial charge in [0.05, 0.1) is 5.75 Å². The Labute approximate surface area is 151 Å². The molecule has 23 heavy (non-hydrogen) atoms. The van der Waals surface area contributed by atoms with Crippen molar-refractivity contribution < 1.29 is 23.8 Å².